The smallest absolute Gasteiger partial charge is 0.220 e. The van der Waals surface area contributed by atoms with Crippen LogP contribution in [0.1, 0.15) is 37.9 Å². The number of anilines is 1. The molecule has 2 N–H and O–H groups in total. The molecule has 1 aromatic carbocycles. The van der Waals surface area contributed by atoms with Gasteiger partial charge in [-0.15, -0.1) is 0 Å². The molecule has 1 saturated carbocycles. The highest BCUT2D eigenvalue weighted by molar-refractivity contribution is 5.87. The third-order valence-corrected chi connectivity index (χ3v) is 6.32. The number of rotatable bonds is 1. The van der Waals surface area contributed by atoms with Gasteiger partial charge in [0.2, 0.25) is 5.95 Å². The maximum atomic E-state index is 12.5. The van der Waals surface area contributed by atoms with Gasteiger partial charge in [-0.05, 0) is 25.2 Å². The minimum atomic E-state index is -0.575. The van der Waals surface area contributed by atoms with E-state index >= 15 is 0 Å². The van der Waals surface area contributed by atoms with Crippen molar-refractivity contribution in [2.75, 3.05) is 5.73 Å². The summed E-state index contributed by atoms with van der Waals surface area (Å²) in [5, 5.41) is 9.49. The molecule has 0 saturated heterocycles. The summed E-state index contributed by atoms with van der Waals surface area (Å²) in [6, 6.07) is 12.2. The number of nitrogens with two attached hydrogens (primary N) is 1. The van der Waals surface area contributed by atoms with Gasteiger partial charge in [0.1, 0.15) is 5.92 Å². The number of nitriles is 1. The highest BCUT2D eigenvalue weighted by Crippen LogP contribution is 2.53. The van der Waals surface area contributed by atoms with E-state index in [0.29, 0.717) is 6.42 Å². The van der Waals surface area contributed by atoms with Crippen LogP contribution in [0.2, 0.25) is 0 Å². The fourth-order valence-corrected chi connectivity index (χ4v) is 5.04. The van der Waals surface area contributed by atoms with Gasteiger partial charge in [0.25, 0.3) is 0 Å². The molecule has 5 heteroatoms. The van der Waals surface area contributed by atoms with Crippen molar-refractivity contribution in [1.82, 2.24) is 9.97 Å². The Morgan fingerprint density at radius 3 is 2.69 bits per heavy atom. The number of fused-ring (bicyclic) bond motifs is 3. The summed E-state index contributed by atoms with van der Waals surface area (Å²) in [6.07, 6.45) is 2.24. The maximum absolute atomic E-state index is 12.5. The molecule has 2 aliphatic rings. The van der Waals surface area contributed by atoms with Crippen molar-refractivity contribution in [3.05, 3.63) is 41.6 Å². The molecular weight excluding hydrogens is 324 g/mol. The van der Waals surface area contributed by atoms with E-state index in [2.05, 4.69) is 23.0 Å². The van der Waals surface area contributed by atoms with E-state index in [4.69, 9.17) is 5.73 Å². The Bertz CT molecular complexity index is 918. The fourth-order valence-electron chi connectivity index (χ4n) is 5.04. The summed E-state index contributed by atoms with van der Waals surface area (Å²) in [4.78, 5) is 21.7. The molecule has 4 atom stereocenters. The number of ketones is 1. The Labute approximate surface area is 153 Å². The van der Waals surface area contributed by atoms with Gasteiger partial charge in [-0.25, -0.2) is 9.97 Å². The number of nitrogen functional groups attached to an aromatic ring is 1. The molecule has 1 heterocycles. The topological polar surface area (TPSA) is 92.7 Å². The van der Waals surface area contributed by atoms with Crippen molar-refractivity contribution < 1.29 is 4.79 Å². The van der Waals surface area contributed by atoms with Crippen molar-refractivity contribution in [2.24, 2.45) is 17.8 Å². The molecule has 1 aromatic heterocycles. The van der Waals surface area contributed by atoms with E-state index in [1.165, 1.54) is 0 Å². The van der Waals surface area contributed by atoms with Gasteiger partial charge in [0, 0.05) is 22.5 Å². The SMILES string of the molecule is C[C@H]1C(=O)C(C#N)C[C@@]2(C)c3nc(N)nc(-c4ccccc4)c3CC[C@H]12. The van der Waals surface area contributed by atoms with E-state index < -0.39 is 5.92 Å². The standard InChI is InChI=1S/C21H22N4O/c1-12-16-9-8-15-17(13-6-4-3-5-7-13)24-20(23)25-19(15)21(16,2)10-14(11-22)18(12)26/h3-7,12,14,16H,8-10H2,1-2H3,(H2,23,24,25)/t12-,14?,16-,21-/m1/s1. The summed E-state index contributed by atoms with van der Waals surface area (Å²) in [5.74, 6) is -0.201. The molecule has 26 heavy (non-hydrogen) atoms. The van der Waals surface area contributed by atoms with E-state index in [1.807, 2.05) is 37.3 Å². The van der Waals surface area contributed by atoms with Gasteiger partial charge in [-0.2, -0.15) is 5.26 Å². The second kappa shape index (κ2) is 5.91. The van der Waals surface area contributed by atoms with Crippen molar-refractivity contribution in [1.29, 1.82) is 5.26 Å². The molecule has 0 amide bonds. The first-order chi connectivity index (χ1) is 12.5. The van der Waals surface area contributed by atoms with Crippen LogP contribution in [0.5, 0.6) is 0 Å². The van der Waals surface area contributed by atoms with Crippen LogP contribution in [-0.4, -0.2) is 15.8 Å². The highest BCUT2D eigenvalue weighted by atomic mass is 16.1. The lowest BCUT2D eigenvalue weighted by Gasteiger charge is -2.49. The Balaban J connectivity index is 1.91. The van der Waals surface area contributed by atoms with Gasteiger partial charge < -0.3 is 5.73 Å². The van der Waals surface area contributed by atoms with Crippen molar-refractivity contribution in [3.8, 4) is 17.3 Å². The largest absolute Gasteiger partial charge is 0.368 e. The predicted octanol–water partition coefficient (Wildman–Crippen LogP) is 3.29. The van der Waals surface area contributed by atoms with Gasteiger partial charge in [-0.3, -0.25) is 4.79 Å². The Hall–Kier alpha value is -2.74. The van der Waals surface area contributed by atoms with Crippen molar-refractivity contribution in [3.63, 3.8) is 0 Å². The molecule has 0 aliphatic heterocycles. The first-order valence-corrected chi connectivity index (χ1v) is 9.11. The van der Waals surface area contributed by atoms with Gasteiger partial charge in [0.15, 0.2) is 5.78 Å². The van der Waals surface area contributed by atoms with Crippen LogP contribution in [-0.2, 0) is 16.6 Å². The predicted molar refractivity (Wildman–Crippen MR) is 98.9 cm³/mol. The molecular formula is C21H22N4O. The average molecular weight is 346 g/mol. The number of carbonyl (C=O) groups excluding carboxylic acids is 1. The van der Waals surface area contributed by atoms with Crippen molar-refractivity contribution >= 4 is 11.7 Å². The number of aromatic nitrogens is 2. The Morgan fingerprint density at radius 1 is 1.27 bits per heavy atom. The molecule has 2 aromatic rings. The molecule has 0 radical (unpaired) electrons. The van der Waals surface area contributed by atoms with Crippen LogP contribution in [0.15, 0.2) is 30.3 Å². The average Bonchev–Trinajstić information content (AvgIpc) is 2.65. The molecule has 0 bridgehead atoms. The number of hydrogen-bond donors (Lipinski definition) is 1. The van der Waals surface area contributed by atoms with Crippen LogP contribution in [0, 0.1) is 29.1 Å². The summed E-state index contributed by atoms with van der Waals surface area (Å²) in [5.41, 5.74) is 9.69. The van der Waals surface area contributed by atoms with Gasteiger partial charge in [-0.1, -0.05) is 44.2 Å². The molecule has 5 nitrogen and oxygen atoms in total. The molecule has 4 rings (SSSR count). The number of benzene rings is 1. The molecule has 132 valence electrons. The highest BCUT2D eigenvalue weighted by Gasteiger charge is 2.53. The second-order valence-corrected chi connectivity index (χ2v) is 7.76. The maximum Gasteiger partial charge on any atom is 0.220 e. The van der Waals surface area contributed by atoms with Gasteiger partial charge in [0.05, 0.1) is 17.5 Å². The minimum Gasteiger partial charge on any atom is -0.368 e. The van der Waals surface area contributed by atoms with Crippen LogP contribution in [0.4, 0.5) is 5.95 Å². The lowest BCUT2D eigenvalue weighted by Crippen LogP contribution is -2.50. The Kier molecular flexibility index (Phi) is 3.80. The van der Waals surface area contributed by atoms with E-state index in [1.54, 1.807) is 0 Å². The first-order valence-electron chi connectivity index (χ1n) is 9.11. The zero-order valence-corrected chi connectivity index (χ0v) is 15.1. The molecule has 1 fully saturated rings. The minimum absolute atomic E-state index is 0.0729. The summed E-state index contributed by atoms with van der Waals surface area (Å²) >= 11 is 0. The number of carbonyl (C=O) groups is 1. The fraction of sp³-hybridized carbons (Fsp3) is 0.429. The van der Waals surface area contributed by atoms with Gasteiger partial charge >= 0.3 is 0 Å². The van der Waals surface area contributed by atoms with Crippen LogP contribution < -0.4 is 5.73 Å². The zero-order valence-electron chi connectivity index (χ0n) is 15.1. The van der Waals surface area contributed by atoms with E-state index in [9.17, 15) is 10.1 Å². The second-order valence-electron chi connectivity index (χ2n) is 7.76. The normalized spacial score (nSPS) is 30.2. The van der Waals surface area contributed by atoms with Crippen LogP contribution >= 0.6 is 0 Å². The molecule has 2 aliphatic carbocycles. The number of nitrogens with zero attached hydrogens (tertiary/aromatic N) is 3. The van der Waals surface area contributed by atoms with Crippen molar-refractivity contribution in [2.45, 2.75) is 38.5 Å². The number of Topliss-reactive ketones (excluding diaryl/α,β-unsaturated/α-hetero) is 1. The zero-order chi connectivity index (χ0) is 18.5. The summed E-state index contributed by atoms with van der Waals surface area (Å²) in [7, 11) is 0. The van der Waals surface area contributed by atoms with Crippen LogP contribution in [0.25, 0.3) is 11.3 Å². The summed E-state index contributed by atoms with van der Waals surface area (Å²) in [6.45, 7) is 4.10. The third-order valence-electron chi connectivity index (χ3n) is 6.32. The third kappa shape index (κ3) is 2.33. The van der Waals surface area contributed by atoms with Crippen LogP contribution in [0.3, 0.4) is 0 Å². The summed E-state index contributed by atoms with van der Waals surface area (Å²) < 4.78 is 0. The first kappa shape index (κ1) is 16.7. The molecule has 0 spiro atoms. The van der Waals surface area contributed by atoms with E-state index in [0.717, 1.165) is 35.4 Å². The number of hydrogen-bond acceptors (Lipinski definition) is 5. The van der Waals surface area contributed by atoms with E-state index in [-0.39, 0.29) is 29.0 Å². The lowest BCUT2D eigenvalue weighted by molar-refractivity contribution is -0.132. The quantitative estimate of drug-likeness (QED) is 0.855. The monoisotopic (exact) mass is 346 g/mol. The molecule has 1 unspecified atom stereocenters. The lowest BCUT2D eigenvalue weighted by atomic mass is 9.54. The Morgan fingerprint density at radius 2 is 2.00 bits per heavy atom.